The molecule has 0 aliphatic rings. The van der Waals surface area contributed by atoms with E-state index < -0.39 is 0 Å². The third kappa shape index (κ3) is 4.11. The van der Waals surface area contributed by atoms with Crippen molar-refractivity contribution in [3.05, 3.63) is 70.0 Å². The number of benzene rings is 2. The number of aromatic amines is 1. The molecule has 8 heteroatoms. The minimum Gasteiger partial charge on any atom is -0.361 e. The molecule has 6 nitrogen and oxygen atoms in total. The molecule has 2 N–H and O–H groups in total. The quantitative estimate of drug-likeness (QED) is 0.436. The van der Waals surface area contributed by atoms with Crippen LogP contribution in [0, 0.1) is 22.7 Å². The molecule has 0 aliphatic heterocycles. The van der Waals surface area contributed by atoms with Crippen LogP contribution in [0.3, 0.4) is 0 Å². The number of hydrogen-bond acceptors (Lipinski definition) is 3. The molecule has 0 aliphatic carbocycles. The van der Waals surface area contributed by atoms with E-state index in [4.69, 9.17) is 33.7 Å². The molecule has 0 fully saturated rings. The number of nitriles is 2. The van der Waals surface area contributed by atoms with Crippen LogP contribution in [0.1, 0.15) is 11.1 Å². The van der Waals surface area contributed by atoms with Gasteiger partial charge in [-0.1, -0.05) is 35.3 Å². The van der Waals surface area contributed by atoms with Crippen LogP contribution in [0.4, 0.5) is 4.79 Å². The van der Waals surface area contributed by atoms with Gasteiger partial charge in [0.05, 0.1) is 40.5 Å². The van der Waals surface area contributed by atoms with Gasteiger partial charge in [-0.2, -0.15) is 10.5 Å². The zero-order chi connectivity index (χ0) is 21.7. The standard InChI is InChI=1S/C12H10ClN3O.C10H7ClN2/c1-15-12(17)16-7-8(5-6-14)11-9(13)3-2-4-10(11)16;11-8-2-1-3-9-10(8)7(4-5-12)6-13-9/h2-4,7H,5H2,1H3,(H,15,17);1-3,6,13H,4H2. The Morgan fingerprint density at radius 3 is 2.33 bits per heavy atom. The van der Waals surface area contributed by atoms with Crippen LogP contribution in [0.5, 0.6) is 0 Å². The van der Waals surface area contributed by atoms with Crippen LogP contribution in [-0.4, -0.2) is 22.6 Å². The minimum atomic E-state index is -0.249. The first-order valence-electron chi connectivity index (χ1n) is 9.00. The number of halogens is 2. The molecule has 30 heavy (non-hydrogen) atoms. The molecule has 0 bridgehead atoms. The van der Waals surface area contributed by atoms with Crippen molar-refractivity contribution in [3.8, 4) is 12.1 Å². The Hall–Kier alpha value is -3.45. The molecule has 0 saturated carbocycles. The van der Waals surface area contributed by atoms with Crippen LogP contribution < -0.4 is 5.32 Å². The van der Waals surface area contributed by atoms with Crippen molar-refractivity contribution in [2.75, 3.05) is 7.05 Å². The summed E-state index contributed by atoms with van der Waals surface area (Å²) in [7, 11) is 1.56. The number of hydrogen-bond donors (Lipinski definition) is 2. The zero-order valence-corrected chi connectivity index (χ0v) is 17.6. The lowest BCUT2D eigenvalue weighted by Crippen LogP contribution is -2.23. The molecule has 0 unspecified atom stereocenters. The Labute approximate surface area is 183 Å². The Kier molecular flexibility index (Phi) is 6.64. The number of rotatable bonds is 2. The number of nitrogens with zero attached hydrogens (tertiary/aromatic N) is 3. The van der Waals surface area contributed by atoms with Gasteiger partial charge in [0.1, 0.15) is 0 Å². The summed E-state index contributed by atoms with van der Waals surface area (Å²) in [5, 5.41) is 22.9. The van der Waals surface area contributed by atoms with E-state index in [0.717, 1.165) is 27.4 Å². The van der Waals surface area contributed by atoms with Gasteiger partial charge in [-0.05, 0) is 35.4 Å². The summed E-state index contributed by atoms with van der Waals surface area (Å²) in [5.74, 6) is 0. The average molecular weight is 438 g/mol. The van der Waals surface area contributed by atoms with Crippen molar-refractivity contribution in [2.24, 2.45) is 0 Å². The van der Waals surface area contributed by atoms with Crippen molar-refractivity contribution >= 4 is 51.0 Å². The number of carbonyl (C=O) groups is 1. The van der Waals surface area contributed by atoms with Crippen molar-refractivity contribution in [1.29, 1.82) is 10.5 Å². The number of nitrogens with one attached hydrogen (secondary N) is 2. The Morgan fingerprint density at radius 1 is 1.03 bits per heavy atom. The highest BCUT2D eigenvalue weighted by Crippen LogP contribution is 2.29. The van der Waals surface area contributed by atoms with Crippen LogP contribution in [0.25, 0.3) is 21.8 Å². The Morgan fingerprint density at radius 2 is 1.67 bits per heavy atom. The maximum absolute atomic E-state index is 11.7. The van der Waals surface area contributed by atoms with E-state index in [1.165, 1.54) is 4.57 Å². The van der Waals surface area contributed by atoms with E-state index >= 15 is 0 Å². The third-order valence-corrected chi connectivity index (χ3v) is 5.20. The van der Waals surface area contributed by atoms with Gasteiger partial charge in [0.15, 0.2) is 0 Å². The second kappa shape index (κ2) is 9.37. The highest BCUT2D eigenvalue weighted by Gasteiger charge is 2.14. The highest BCUT2D eigenvalue weighted by atomic mass is 35.5. The van der Waals surface area contributed by atoms with Crippen molar-refractivity contribution in [1.82, 2.24) is 14.9 Å². The predicted octanol–water partition coefficient (Wildman–Crippen LogP) is 5.44. The summed E-state index contributed by atoms with van der Waals surface area (Å²) in [6.45, 7) is 0. The number of aromatic nitrogens is 2. The average Bonchev–Trinajstić information content (AvgIpc) is 3.32. The Bertz CT molecular complexity index is 1310. The molecular formula is C22H17Cl2N5O. The van der Waals surface area contributed by atoms with Gasteiger partial charge in [0.25, 0.3) is 0 Å². The fraction of sp³-hybridized carbons (Fsp3) is 0.136. The van der Waals surface area contributed by atoms with Crippen LogP contribution >= 0.6 is 23.2 Å². The highest BCUT2D eigenvalue weighted by molar-refractivity contribution is 6.36. The SMILES string of the molecule is CNC(=O)n1cc(CC#N)c2c(Cl)cccc21.N#CCc1c[nH]c2cccc(Cl)c12. The van der Waals surface area contributed by atoms with Crippen LogP contribution in [0.2, 0.25) is 10.0 Å². The number of H-pyrrole nitrogens is 1. The first-order chi connectivity index (χ1) is 14.5. The van der Waals surface area contributed by atoms with E-state index in [9.17, 15) is 4.79 Å². The number of fused-ring (bicyclic) bond motifs is 2. The molecule has 2 aromatic carbocycles. The molecular weight excluding hydrogens is 421 g/mol. The monoisotopic (exact) mass is 437 g/mol. The van der Waals surface area contributed by atoms with Crippen molar-refractivity contribution in [2.45, 2.75) is 12.8 Å². The van der Waals surface area contributed by atoms with E-state index in [1.807, 2.05) is 24.4 Å². The van der Waals surface area contributed by atoms with Gasteiger partial charge in [-0.3, -0.25) is 4.57 Å². The van der Waals surface area contributed by atoms with Gasteiger partial charge in [0, 0.05) is 35.7 Å². The second-order valence-electron chi connectivity index (χ2n) is 6.36. The molecule has 4 rings (SSSR count). The Balaban J connectivity index is 0.000000177. The summed E-state index contributed by atoms with van der Waals surface area (Å²) < 4.78 is 1.47. The molecule has 2 heterocycles. The maximum atomic E-state index is 11.7. The summed E-state index contributed by atoms with van der Waals surface area (Å²) in [6, 6.07) is 14.9. The minimum absolute atomic E-state index is 0.226. The molecule has 0 radical (unpaired) electrons. The summed E-state index contributed by atoms with van der Waals surface area (Å²) in [5.41, 5.74) is 3.42. The summed E-state index contributed by atoms with van der Waals surface area (Å²) in [6.07, 6.45) is 4.10. The van der Waals surface area contributed by atoms with Crippen LogP contribution in [-0.2, 0) is 12.8 Å². The molecule has 4 aromatic rings. The second-order valence-corrected chi connectivity index (χ2v) is 7.17. The summed E-state index contributed by atoms with van der Waals surface area (Å²) >= 11 is 12.1. The van der Waals surface area contributed by atoms with Crippen molar-refractivity contribution < 1.29 is 4.79 Å². The van der Waals surface area contributed by atoms with Gasteiger partial charge >= 0.3 is 6.03 Å². The fourth-order valence-corrected chi connectivity index (χ4v) is 3.85. The van der Waals surface area contributed by atoms with Crippen molar-refractivity contribution in [3.63, 3.8) is 0 Å². The molecule has 2 aromatic heterocycles. The largest absolute Gasteiger partial charge is 0.361 e. The van der Waals surface area contributed by atoms with Gasteiger partial charge < -0.3 is 10.3 Å². The maximum Gasteiger partial charge on any atom is 0.325 e. The van der Waals surface area contributed by atoms with E-state index in [1.54, 1.807) is 31.4 Å². The van der Waals surface area contributed by atoms with Crippen LogP contribution in [0.15, 0.2) is 48.8 Å². The van der Waals surface area contributed by atoms with E-state index in [2.05, 4.69) is 22.4 Å². The number of carbonyl (C=O) groups excluding carboxylic acids is 1. The first kappa shape index (κ1) is 21.3. The molecule has 1 amide bonds. The predicted molar refractivity (Wildman–Crippen MR) is 119 cm³/mol. The normalized spacial score (nSPS) is 10.2. The lowest BCUT2D eigenvalue weighted by atomic mass is 10.1. The smallest absolute Gasteiger partial charge is 0.325 e. The van der Waals surface area contributed by atoms with Gasteiger partial charge in [-0.25, -0.2) is 4.79 Å². The number of amides is 1. The molecule has 150 valence electrons. The lowest BCUT2D eigenvalue weighted by Gasteiger charge is -2.02. The lowest BCUT2D eigenvalue weighted by molar-refractivity contribution is 0.245. The molecule has 0 atom stereocenters. The first-order valence-corrected chi connectivity index (χ1v) is 9.76. The van der Waals surface area contributed by atoms with E-state index in [-0.39, 0.29) is 12.5 Å². The van der Waals surface area contributed by atoms with E-state index in [0.29, 0.717) is 22.0 Å². The molecule has 0 saturated heterocycles. The topological polar surface area (TPSA) is 97.4 Å². The molecule has 0 spiro atoms. The fourth-order valence-electron chi connectivity index (χ4n) is 3.26. The third-order valence-electron chi connectivity index (χ3n) is 4.57. The zero-order valence-electron chi connectivity index (χ0n) is 16.0. The van der Waals surface area contributed by atoms with Gasteiger partial charge in [0.2, 0.25) is 0 Å². The van der Waals surface area contributed by atoms with Gasteiger partial charge in [-0.15, -0.1) is 0 Å². The summed E-state index contributed by atoms with van der Waals surface area (Å²) in [4.78, 5) is 14.8.